The molecule has 3 aliphatic heterocycles. The highest BCUT2D eigenvalue weighted by molar-refractivity contribution is 5.92. The number of para-hydroxylation sites is 1. The largest absolute Gasteiger partial charge is 0.328 e. The zero-order valence-electron chi connectivity index (χ0n) is 25.3. The van der Waals surface area contributed by atoms with Gasteiger partial charge in [-0.05, 0) is 90.9 Å². The van der Waals surface area contributed by atoms with Gasteiger partial charge in [-0.3, -0.25) is 5.10 Å². The van der Waals surface area contributed by atoms with Gasteiger partial charge in [-0.15, -0.1) is 5.10 Å². The fourth-order valence-electron chi connectivity index (χ4n) is 6.96. The van der Waals surface area contributed by atoms with E-state index in [0.717, 1.165) is 53.5 Å². The van der Waals surface area contributed by atoms with Crippen molar-refractivity contribution < 1.29 is 14.0 Å². The highest BCUT2D eigenvalue weighted by atomic mass is 19.1. The van der Waals surface area contributed by atoms with Crippen LogP contribution in [0, 0.1) is 18.7 Å². The zero-order valence-corrected chi connectivity index (χ0v) is 25.3. The van der Waals surface area contributed by atoms with Crippen LogP contribution in [0.15, 0.2) is 36.5 Å². The van der Waals surface area contributed by atoms with Gasteiger partial charge < -0.3 is 25.8 Å². The van der Waals surface area contributed by atoms with Crippen molar-refractivity contribution in [2.45, 2.75) is 64.2 Å². The zero-order chi connectivity index (χ0) is 30.9. The first kappa shape index (κ1) is 29.1. The second-order valence-electron chi connectivity index (χ2n) is 12.4. The van der Waals surface area contributed by atoms with E-state index in [1.165, 1.54) is 6.07 Å². The number of hydrogen-bond donors (Lipinski definition) is 4. The number of amides is 4. The second-order valence-corrected chi connectivity index (χ2v) is 12.4. The summed E-state index contributed by atoms with van der Waals surface area (Å²) in [4.78, 5) is 30.2. The maximum Gasteiger partial charge on any atom is 0.322 e. The van der Waals surface area contributed by atoms with Gasteiger partial charge >= 0.3 is 12.1 Å². The van der Waals surface area contributed by atoms with Crippen molar-refractivity contribution in [1.82, 2.24) is 50.8 Å². The highest BCUT2D eigenvalue weighted by Gasteiger charge is 2.34. The Labute approximate surface area is 259 Å². The molecule has 2 aromatic heterocycles. The molecule has 5 heterocycles. The summed E-state index contributed by atoms with van der Waals surface area (Å²) in [6.45, 7) is 6.02. The molecule has 2 saturated heterocycles. The Morgan fingerprint density at radius 3 is 2.80 bits per heavy atom. The van der Waals surface area contributed by atoms with Crippen molar-refractivity contribution in [2.75, 3.05) is 31.5 Å². The van der Waals surface area contributed by atoms with Gasteiger partial charge in [0, 0.05) is 44.0 Å². The number of rotatable bonds is 7. The lowest BCUT2D eigenvalue weighted by Gasteiger charge is -2.40. The number of likely N-dealkylation sites (tertiary alicyclic amines) is 1. The predicted octanol–water partition coefficient (Wildman–Crippen LogP) is 3.50. The number of urea groups is 2. The molecule has 4 aromatic rings. The number of piperidine rings is 2. The number of aromatic amines is 1. The molecular weight excluding hydrogens is 577 g/mol. The Balaban J connectivity index is 1.06. The SMILES string of the molecule is Cc1cc(CC(NC(=O)N2CCC(N3Cc4cccc(F)c4NC3=O)CC2)c2nnnn2CC2CCNCC2)cc2cn[nH]c12. The van der Waals surface area contributed by atoms with Gasteiger partial charge in [-0.2, -0.15) is 5.10 Å². The molecule has 14 heteroatoms. The van der Waals surface area contributed by atoms with Crippen LogP contribution < -0.4 is 16.0 Å². The molecule has 2 aromatic carbocycles. The van der Waals surface area contributed by atoms with Crippen LogP contribution in [-0.2, 0) is 19.5 Å². The highest BCUT2D eigenvalue weighted by Crippen LogP contribution is 2.30. The summed E-state index contributed by atoms with van der Waals surface area (Å²) in [5, 5.41) is 30.4. The fourth-order valence-corrected chi connectivity index (χ4v) is 6.96. The number of aromatic nitrogens is 6. The minimum atomic E-state index is -0.449. The van der Waals surface area contributed by atoms with Crippen LogP contribution in [0.4, 0.5) is 19.7 Å². The minimum absolute atomic E-state index is 0.0526. The van der Waals surface area contributed by atoms with E-state index in [-0.39, 0.29) is 23.8 Å². The molecule has 0 aliphatic carbocycles. The van der Waals surface area contributed by atoms with Crippen molar-refractivity contribution in [3.63, 3.8) is 0 Å². The molecule has 7 rings (SSSR count). The summed E-state index contributed by atoms with van der Waals surface area (Å²) in [7, 11) is 0. The number of carbonyl (C=O) groups is 2. The summed E-state index contributed by atoms with van der Waals surface area (Å²) in [5.41, 5.74) is 4.13. The quantitative estimate of drug-likeness (QED) is 0.249. The molecule has 1 atom stereocenters. The molecule has 4 N–H and O–H groups in total. The molecule has 3 aliphatic rings. The number of nitrogens with one attached hydrogen (secondary N) is 4. The standard InChI is InChI=1S/C31H38FN11O2/c1-19-13-21(14-23-16-34-37-27(19)23)15-26(29-38-39-40-43(29)17-20-5-9-33-10-6-20)35-30(44)41-11-7-24(8-12-41)42-18-22-3-2-4-25(32)28(22)36-31(42)45/h2-4,13-14,16,20,24,26,33H,5-12,15,17-18H2,1H3,(H,34,37)(H,35,44)(H,36,45). The number of fused-ring (bicyclic) bond motifs is 2. The normalized spacial score (nSPS) is 18.6. The number of aryl methyl sites for hydroxylation is 1. The Bertz CT molecular complexity index is 1690. The van der Waals surface area contributed by atoms with Gasteiger partial charge in [-0.25, -0.2) is 18.7 Å². The average Bonchev–Trinajstić information content (AvgIpc) is 3.72. The van der Waals surface area contributed by atoms with Gasteiger partial charge in [0.05, 0.1) is 23.4 Å². The molecular formula is C31H38FN11O2. The van der Waals surface area contributed by atoms with Crippen LogP contribution in [-0.4, -0.2) is 84.5 Å². The number of nitrogens with zero attached hydrogens (tertiary/aromatic N) is 7. The first-order valence-electron chi connectivity index (χ1n) is 15.7. The van der Waals surface area contributed by atoms with E-state index in [0.29, 0.717) is 57.2 Å². The van der Waals surface area contributed by atoms with Gasteiger partial charge in [0.2, 0.25) is 0 Å². The van der Waals surface area contributed by atoms with Crippen LogP contribution in [0.2, 0.25) is 0 Å². The molecule has 0 spiro atoms. The third kappa shape index (κ3) is 6.06. The molecule has 0 bridgehead atoms. The molecule has 2 fully saturated rings. The Kier molecular flexibility index (Phi) is 8.04. The maximum atomic E-state index is 14.2. The number of hydrogen-bond acceptors (Lipinski definition) is 7. The predicted molar refractivity (Wildman–Crippen MR) is 165 cm³/mol. The first-order chi connectivity index (χ1) is 21.9. The second kappa shape index (κ2) is 12.4. The van der Waals surface area contributed by atoms with Crippen LogP contribution >= 0.6 is 0 Å². The van der Waals surface area contributed by atoms with Crippen LogP contribution in [0.1, 0.15) is 54.2 Å². The Morgan fingerprint density at radius 2 is 1.98 bits per heavy atom. The monoisotopic (exact) mass is 615 g/mol. The Morgan fingerprint density at radius 1 is 1.16 bits per heavy atom. The minimum Gasteiger partial charge on any atom is -0.328 e. The third-order valence-electron chi connectivity index (χ3n) is 9.43. The number of H-pyrrole nitrogens is 1. The number of carbonyl (C=O) groups excluding carboxylic acids is 2. The van der Waals surface area contributed by atoms with E-state index in [1.54, 1.807) is 15.9 Å². The number of halogens is 1. The van der Waals surface area contributed by atoms with Crippen molar-refractivity contribution in [3.05, 3.63) is 64.9 Å². The average molecular weight is 616 g/mol. The van der Waals surface area contributed by atoms with Crippen molar-refractivity contribution >= 4 is 28.7 Å². The van der Waals surface area contributed by atoms with Crippen LogP contribution in [0.3, 0.4) is 0 Å². The summed E-state index contributed by atoms with van der Waals surface area (Å²) >= 11 is 0. The van der Waals surface area contributed by atoms with Crippen molar-refractivity contribution in [3.8, 4) is 0 Å². The lowest BCUT2D eigenvalue weighted by molar-refractivity contribution is 0.126. The summed E-state index contributed by atoms with van der Waals surface area (Å²) in [6, 6.07) is 8.04. The molecule has 0 radical (unpaired) electrons. The lowest BCUT2D eigenvalue weighted by Crippen LogP contribution is -2.53. The van der Waals surface area contributed by atoms with Gasteiger partial charge in [0.15, 0.2) is 5.82 Å². The number of benzene rings is 2. The van der Waals surface area contributed by atoms with E-state index in [9.17, 15) is 14.0 Å². The van der Waals surface area contributed by atoms with Crippen molar-refractivity contribution in [2.24, 2.45) is 5.92 Å². The molecule has 45 heavy (non-hydrogen) atoms. The molecule has 4 amide bonds. The summed E-state index contributed by atoms with van der Waals surface area (Å²) in [6.07, 6.45) is 5.68. The topological polar surface area (TPSA) is 149 Å². The maximum absolute atomic E-state index is 14.2. The van der Waals surface area contributed by atoms with E-state index in [4.69, 9.17) is 0 Å². The van der Waals surface area contributed by atoms with E-state index in [2.05, 4.69) is 53.8 Å². The van der Waals surface area contributed by atoms with E-state index >= 15 is 0 Å². The number of anilines is 1. The van der Waals surface area contributed by atoms with Crippen LogP contribution in [0.5, 0.6) is 0 Å². The summed E-state index contributed by atoms with van der Waals surface area (Å²) < 4.78 is 16.1. The fraction of sp³-hybridized carbons (Fsp3) is 0.484. The van der Waals surface area contributed by atoms with Crippen molar-refractivity contribution in [1.29, 1.82) is 0 Å². The van der Waals surface area contributed by atoms with Gasteiger partial charge in [0.25, 0.3) is 0 Å². The molecule has 13 nitrogen and oxygen atoms in total. The van der Waals surface area contributed by atoms with E-state index < -0.39 is 11.9 Å². The molecule has 1 unspecified atom stereocenters. The third-order valence-corrected chi connectivity index (χ3v) is 9.43. The van der Waals surface area contributed by atoms with Gasteiger partial charge in [-0.1, -0.05) is 18.2 Å². The van der Waals surface area contributed by atoms with Gasteiger partial charge in [0.1, 0.15) is 5.82 Å². The summed E-state index contributed by atoms with van der Waals surface area (Å²) in [5.74, 6) is 0.671. The first-order valence-corrected chi connectivity index (χ1v) is 15.7. The lowest BCUT2D eigenvalue weighted by atomic mass is 9.97. The van der Waals surface area contributed by atoms with E-state index in [1.807, 2.05) is 23.9 Å². The smallest absolute Gasteiger partial charge is 0.322 e. The van der Waals surface area contributed by atoms with Crippen LogP contribution in [0.25, 0.3) is 10.9 Å². The number of tetrazole rings is 1. The Hall–Kier alpha value is -4.59. The molecule has 0 saturated carbocycles. The molecule has 236 valence electrons.